The van der Waals surface area contributed by atoms with Gasteiger partial charge in [-0.2, -0.15) is 5.23 Å². The fourth-order valence-electron chi connectivity index (χ4n) is 3.03. The number of quaternary nitrogens is 1. The Kier molecular flexibility index (Phi) is 3.00. The summed E-state index contributed by atoms with van der Waals surface area (Å²) in [6, 6.07) is 7.07. The molecule has 0 radical (unpaired) electrons. The van der Waals surface area contributed by atoms with Gasteiger partial charge in [-0.15, -0.1) is 0 Å². The number of carbonyl (C=O) groups is 1. The molecule has 0 spiro atoms. The van der Waals surface area contributed by atoms with Gasteiger partial charge in [0.2, 0.25) is 6.79 Å². The average Bonchev–Trinajstić information content (AvgIpc) is 3.00. The summed E-state index contributed by atoms with van der Waals surface area (Å²) in [5.41, 5.74) is -0.351. The minimum Gasteiger partial charge on any atom is -0.595 e. The first-order valence-corrected chi connectivity index (χ1v) is 6.96. The number of phenols is 1. The van der Waals surface area contributed by atoms with Crippen LogP contribution in [0.15, 0.2) is 30.3 Å². The lowest BCUT2D eigenvalue weighted by Crippen LogP contribution is -2.99. The molecule has 8 nitrogen and oxygen atoms in total. The van der Waals surface area contributed by atoms with E-state index in [9.17, 15) is 25.4 Å². The Bertz CT molecular complexity index is 1010. The highest BCUT2D eigenvalue weighted by Gasteiger charge is 2.28. The Morgan fingerprint density at radius 1 is 1.17 bits per heavy atom. The molecule has 0 saturated carbocycles. The van der Waals surface area contributed by atoms with Crippen LogP contribution in [0, 0.1) is 5.21 Å². The number of benzene rings is 3. The van der Waals surface area contributed by atoms with E-state index >= 15 is 0 Å². The first-order chi connectivity index (χ1) is 11.5. The van der Waals surface area contributed by atoms with Crippen molar-refractivity contribution in [1.82, 2.24) is 0 Å². The topological polar surface area (TPSA) is 124 Å². The Balaban J connectivity index is 2.32. The second-order valence-corrected chi connectivity index (χ2v) is 5.35. The van der Waals surface area contributed by atoms with Crippen molar-refractivity contribution in [2.75, 3.05) is 6.79 Å². The van der Waals surface area contributed by atoms with Gasteiger partial charge in [-0.3, -0.25) is 0 Å². The molecular formula is C16H11NO7. The highest BCUT2D eigenvalue weighted by molar-refractivity contribution is 6.21. The fourth-order valence-corrected chi connectivity index (χ4v) is 3.03. The molecule has 24 heavy (non-hydrogen) atoms. The van der Waals surface area contributed by atoms with Crippen molar-refractivity contribution in [2.45, 2.75) is 0 Å². The highest BCUT2D eigenvalue weighted by Crippen LogP contribution is 2.46. The molecule has 3 aromatic carbocycles. The van der Waals surface area contributed by atoms with E-state index < -0.39 is 11.2 Å². The quantitative estimate of drug-likeness (QED) is 0.415. The summed E-state index contributed by atoms with van der Waals surface area (Å²) in [5, 5.41) is 40.6. The van der Waals surface area contributed by atoms with E-state index in [1.165, 1.54) is 24.3 Å². The molecule has 0 aliphatic carbocycles. The van der Waals surface area contributed by atoms with Crippen molar-refractivity contribution in [3.8, 4) is 17.2 Å². The lowest BCUT2D eigenvalue weighted by Gasteiger charge is -2.18. The van der Waals surface area contributed by atoms with Gasteiger partial charge in [0.1, 0.15) is 5.75 Å². The van der Waals surface area contributed by atoms with Crippen LogP contribution >= 0.6 is 0 Å². The lowest BCUT2D eigenvalue weighted by atomic mass is 9.95. The van der Waals surface area contributed by atoms with Crippen LogP contribution in [0.2, 0.25) is 0 Å². The molecule has 0 bridgehead atoms. The minimum absolute atomic E-state index is 0.0275. The summed E-state index contributed by atoms with van der Waals surface area (Å²) in [6.07, 6.45) is 0. The van der Waals surface area contributed by atoms with Gasteiger partial charge in [0.05, 0.1) is 10.9 Å². The number of fused-ring (bicyclic) bond motifs is 5. The molecule has 4 rings (SSSR count). The zero-order chi connectivity index (χ0) is 17.0. The van der Waals surface area contributed by atoms with Gasteiger partial charge in [-0.1, -0.05) is 6.07 Å². The fraction of sp³-hybridized carbons (Fsp3) is 0.0625. The predicted molar refractivity (Wildman–Crippen MR) is 82.0 cm³/mol. The molecule has 0 saturated heterocycles. The molecule has 1 atom stereocenters. The number of ether oxygens (including phenoxy) is 2. The van der Waals surface area contributed by atoms with Crippen LogP contribution in [0.4, 0.5) is 5.69 Å². The maximum absolute atomic E-state index is 11.7. The molecule has 122 valence electrons. The Morgan fingerprint density at radius 3 is 2.67 bits per heavy atom. The van der Waals surface area contributed by atoms with Crippen molar-refractivity contribution in [3.05, 3.63) is 41.1 Å². The normalized spacial score (nSPS) is 14.2. The molecular weight excluding hydrogens is 318 g/mol. The summed E-state index contributed by atoms with van der Waals surface area (Å²) in [7, 11) is 0. The Morgan fingerprint density at radius 2 is 1.96 bits per heavy atom. The van der Waals surface area contributed by atoms with E-state index in [0.717, 1.165) is 0 Å². The third-order valence-corrected chi connectivity index (χ3v) is 4.00. The van der Waals surface area contributed by atoms with Gasteiger partial charge in [0.25, 0.3) is 0 Å². The molecule has 1 aliphatic heterocycles. The zero-order valence-corrected chi connectivity index (χ0v) is 12.1. The number of nitrogens with one attached hydrogen (secondary N) is 1. The number of hydrogen-bond acceptors (Lipinski definition) is 6. The van der Waals surface area contributed by atoms with Crippen molar-refractivity contribution in [1.29, 1.82) is 0 Å². The van der Waals surface area contributed by atoms with Crippen LogP contribution in [0.3, 0.4) is 0 Å². The standard InChI is InChI=1S/C16H11NO7/c18-8-2-1-7-3-11(17(21)22)13-10(16(19)20)5-12-15(24-6-23-12)14(13)9(7)4-8/h1-5,17-18,21H,6H2,(H,19,20). The number of phenolic OH excluding ortho intramolecular Hbond substituents is 1. The monoisotopic (exact) mass is 329 g/mol. The Hall–Kier alpha value is -3.07. The third-order valence-electron chi connectivity index (χ3n) is 4.00. The van der Waals surface area contributed by atoms with Crippen molar-refractivity contribution in [2.24, 2.45) is 0 Å². The maximum Gasteiger partial charge on any atom is 0.336 e. The molecule has 3 aromatic rings. The number of aromatic hydroxyl groups is 1. The molecule has 4 N–H and O–H groups in total. The molecule has 1 unspecified atom stereocenters. The van der Waals surface area contributed by atoms with E-state index in [1.807, 2.05) is 0 Å². The number of carboxylic acids is 1. The van der Waals surface area contributed by atoms with Gasteiger partial charge in [0.15, 0.2) is 17.2 Å². The van der Waals surface area contributed by atoms with Gasteiger partial charge < -0.3 is 24.9 Å². The van der Waals surface area contributed by atoms with Crippen LogP contribution in [-0.2, 0) is 0 Å². The number of hydrogen-bond donors (Lipinski definition) is 4. The van der Waals surface area contributed by atoms with Gasteiger partial charge in [0, 0.05) is 11.5 Å². The van der Waals surface area contributed by atoms with Crippen molar-refractivity contribution < 1.29 is 34.9 Å². The van der Waals surface area contributed by atoms with Gasteiger partial charge in [-0.05, 0) is 29.0 Å². The van der Waals surface area contributed by atoms with E-state index in [2.05, 4.69) is 0 Å². The molecule has 0 fully saturated rings. The summed E-state index contributed by atoms with van der Waals surface area (Å²) in [6.45, 7) is -0.0921. The highest BCUT2D eigenvalue weighted by atomic mass is 16.8. The molecule has 1 heterocycles. The zero-order valence-electron chi connectivity index (χ0n) is 12.1. The molecule has 1 aliphatic rings. The van der Waals surface area contributed by atoms with E-state index in [-0.39, 0.29) is 40.7 Å². The second-order valence-electron chi connectivity index (χ2n) is 5.35. The van der Waals surface area contributed by atoms with Crippen LogP contribution < -0.4 is 14.7 Å². The minimum atomic E-state index is -1.28. The summed E-state index contributed by atoms with van der Waals surface area (Å²) >= 11 is 0. The third kappa shape index (κ3) is 1.95. The van der Waals surface area contributed by atoms with E-state index in [0.29, 0.717) is 16.2 Å². The average molecular weight is 329 g/mol. The van der Waals surface area contributed by atoms with Crippen LogP contribution in [0.1, 0.15) is 10.4 Å². The van der Waals surface area contributed by atoms with E-state index in [1.54, 1.807) is 6.07 Å². The second kappa shape index (κ2) is 4.96. The summed E-state index contributed by atoms with van der Waals surface area (Å²) in [5.74, 6) is -0.804. The molecule has 0 aromatic heterocycles. The number of aromatic carboxylic acids is 1. The molecule has 8 heteroatoms. The largest absolute Gasteiger partial charge is 0.595 e. The van der Waals surface area contributed by atoms with Gasteiger partial charge >= 0.3 is 5.97 Å². The summed E-state index contributed by atoms with van der Waals surface area (Å²) in [4.78, 5) is 11.7. The number of carboxylic acid groups (broad SMARTS) is 1. The first-order valence-electron chi connectivity index (χ1n) is 6.96. The van der Waals surface area contributed by atoms with Crippen LogP contribution in [0.25, 0.3) is 21.5 Å². The summed E-state index contributed by atoms with van der Waals surface area (Å²) < 4.78 is 10.7. The molecule has 0 amide bonds. The predicted octanol–water partition coefficient (Wildman–Crippen LogP) is 1.53. The van der Waals surface area contributed by atoms with Crippen molar-refractivity contribution >= 4 is 33.2 Å². The SMILES string of the molecule is O=C(O)c1cc2c(c3c1c([NH+]([O-])O)cc1ccc(O)cc13)OCO2. The van der Waals surface area contributed by atoms with Gasteiger partial charge in [-0.25, -0.2) is 10.0 Å². The van der Waals surface area contributed by atoms with Crippen molar-refractivity contribution in [3.63, 3.8) is 0 Å². The maximum atomic E-state index is 11.7. The smallest absolute Gasteiger partial charge is 0.336 e. The Labute approximate surface area is 134 Å². The lowest BCUT2D eigenvalue weighted by molar-refractivity contribution is -0.990. The first kappa shape index (κ1) is 14.5. The van der Waals surface area contributed by atoms with Crippen LogP contribution in [-0.4, -0.2) is 28.2 Å². The van der Waals surface area contributed by atoms with E-state index in [4.69, 9.17) is 9.47 Å². The number of rotatable bonds is 2. The van der Waals surface area contributed by atoms with Crippen LogP contribution in [0.5, 0.6) is 17.2 Å².